The molecule has 0 amide bonds. The van der Waals surface area contributed by atoms with Gasteiger partial charge in [0.05, 0.1) is 12.4 Å². The van der Waals surface area contributed by atoms with E-state index in [1.165, 1.54) is 11.8 Å². The second kappa shape index (κ2) is 6.85. The lowest BCUT2D eigenvalue weighted by Crippen LogP contribution is -2.06. The fraction of sp³-hybridized carbons (Fsp3) is 0.286. The first-order valence-corrected chi connectivity index (χ1v) is 10.2. The summed E-state index contributed by atoms with van der Waals surface area (Å²) < 4.78 is 7.62. The molecule has 136 valence electrons. The van der Waals surface area contributed by atoms with E-state index in [9.17, 15) is 4.79 Å². The van der Waals surface area contributed by atoms with Crippen LogP contribution in [-0.2, 0) is 6.42 Å². The molecule has 5 nitrogen and oxygen atoms in total. The van der Waals surface area contributed by atoms with E-state index in [2.05, 4.69) is 26.9 Å². The number of hydrogen-bond acceptors (Lipinski definition) is 5. The highest BCUT2D eigenvalue weighted by atomic mass is 32.2. The first-order chi connectivity index (χ1) is 13.3. The zero-order valence-electron chi connectivity index (χ0n) is 14.8. The van der Waals surface area contributed by atoms with Crippen LogP contribution in [0.5, 0.6) is 5.75 Å². The summed E-state index contributed by atoms with van der Waals surface area (Å²) in [6, 6.07) is 15.9. The average Bonchev–Trinajstić information content (AvgIpc) is 3.29. The number of carbonyl (C=O) groups excluding carboxylic acids is 1. The summed E-state index contributed by atoms with van der Waals surface area (Å²) in [6.45, 7) is 0.700. The Kier molecular flexibility index (Phi) is 4.20. The van der Waals surface area contributed by atoms with Gasteiger partial charge in [-0.2, -0.15) is 0 Å². The van der Waals surface area contributed by atoms with Gasteiger partial charge in [0.2, 0.25) is 0 Å². The number of hydrogen-bond donors (Lipinski definition) is 0. The molecular formula is C21H19N3O2S. The van der Waals surface area contributed by atoms with E-state index in [1.807, 2.05) is 36.4 Å². The molecule has 5 rings (SSSR count). The van der Waals surface area contributed by atoms with Crippen LogP contribution in [0.15, 0.2) is 53.7 Å². The Balaban J connectivity index is 1.37. The number of fused-ring (bicyclic) bond motifs is 1. The van der Waals surface area contributed by atoms with Gasteiger partial charge in [0.15, 0.2) is 10.9 Å². The van der Waals surface area contributed by atoms with Crippen LogP contribution in [0.2, 0.25) is 0 Å². The van der Waals surface area contributed by atoms with E-state index in [0.717, 1.165) is 52.8 Å². The fourth-order valence-electron chi connectivity index (χ4n) is 3.37. The second-order valence-corrected chi connectivity index (χ2v) is 7.86. The van der Waals surface area contributed by atoms with Crippen LogP contribution in [0.4, 0.5) is 0 Å². The summed E-state index contributed by atoms with van der Waals surface area (Å²) in [6.07, 6.45) is 3.19. The van der Waals surface area contributed by atoms with Gasteiger partial charge in [-0.25, -0.2) is 0 Å². The molecule has 0 radical (unpaired) electrons. The maximum absolute atomic E-state index is 12.7. The van der Waals surface area contributed by atoms with Crippen LogP contribution in [0.1, 0.15) is 40.5 Å². The van der Waals surface area contributed by atoms with Crippen LogP contribution in [0.3, 0.4) is 0 Å². The van der Waals surface area contributed by atoms with Crippen molar-refractivity contribution in [3.05, 3.63) is 65.5 Å². The van der Waals surface area contributed by atoms with Gasteiger partial charge < -0.3 is 4.74 Å². The van der Waals surface area contributed by atoms with E-state index in [0.29, 0.717) is 18.3 Å². The molecule has 1 aliphatic heterocycles. The lowest BCUT2D eigenvalue weighted by Gasteiger charge is -2.09. The summed E-state index contributed by atoms with van der Waals surface area (Å²) in [5, 5.41) is 9.58. The van der Waals surface area contributed by atoms with Gasteiger partial charge in [-0.3, -0.25) is 9.36 Å². The number of ketones is 1. The molecule has 0 bridgehead atoms. The van der Waals surface area contributed by atoms with Crippen molar-refractivity contribution in [2.45, 2.75) is 30.3 Å². The van der Waals surface area contributed by atoms with Crippen molar-refractivity contribution in [1.29, 1.82) is 0 Å². The second-order valence-electron chi connectivity index (χ2n) is 6.92. The van der Waals surface area contributed by atoms with Gasteiger partial charge in [-0.05, 0) is 48.7 Å². The molecule has 1 aliphatic carbocycles. The SMILES string of the molecule is O=C(CSc1nnc(C2CC2)n1-c1ccccc1)c1ccc2c(c1)CCO2. The molecule has 3 aromatic rings. The van der Waals surface area contributed by atoms with Gasteiger partial charge in [-0.1, -0.05) is 30.0 Å². The lowest BCUT2D eigenvalue weighted by molar-refractivity contribution is 0.102. The Morgan fingerprint density at radius 3 is 2.81 bits per heavy atom. The minimum absolute atomic E-state index is 0.102. The molecule has 0 saturated heterocycles. The normalized spacial score (nSPS) is 15.4. The van der Waals surface area contributed by atoms with Crippen LogP contribution in [0, 0.1) is 0 Å². The van der Waals surface area contributed by atoms with Crippen molar-refractivity contribution >= 4 is 17.5 Å². The largest absolute Gasteiger partial charge is 0.493 e. The Morgan fingerprint density at radius 2 is 2.00 bits per heavy atom. The predicted octanol–water partition coefficient (Wildman–Crippen LogP) is 4.05. The Hall–Kier alpha value is -2.60. The van der Waals surface area contributed by atoms with E-state index in [1.54, 1.807) is 0 Å². The number of benzene rings is 2. The van der Waals surface area contributed by atoms with Crippen LogP contribution < -0.4 is 4.74 Å². The standard InChI is InChI=1S/C21H19N3O2S/c25-18(15-8-9-19-16(12-15)10-11-26-19)13-27-21-23-22-20(14-6-7-14)24(21)17-4-2-1-3-5-17/h1-5,8-9,12,14H,6-7,10-11,13H2. The molecular weight excluding hydrogens is 358 g/mol. The third-order valence-corrected chi connectivity index (χ3v) is 5.89. The highest BCUT2D eigenvalue weighted by molar-refractivity contribution is 7.99. The van der Waals surface area contributed by atoms with E-state index in [4.69, 9.17) is 4.74 Å². The number of nitrogens with zero attached hydrogens (tertiary/aromatic N) is 3. The zero-order valence-corrected chi connectivity index (χ0v) is 15.6. The third-order valence-electron chi connectivity index (χ3n) is 4.96. The monoisotopic (exact) mass is 377 g/mol. The Bertz CT molecular complexity index is 996. The molecule has 0 unspecified atom stereocenters. The zero-order chi connectivity index (χ0) is 18.2. The number of para-hydroxylation sites is 1. The highest BCUT2D eigenvalue weighted by Crippen LogP contribution is 2.41. The maximum atomic E-state index is 12.7. The smallest absolute Gasteiger partial charge is 0.196 e. The molecule has 27 heavy (non-hydrogen) atoms. The number of carbonyl (C=O) groups is 1. The number of rotatable bonds is 6. The van der Waals surface area contributed by atoms with Crippen molar-refractivity contribution in [1.82, 2.24) is 14.8 Å². The minimum atomic E-state index is 0.102. The third kappa shape index (κ3) is 3.25. The summed E-state index contributed by atoms with van der Waals surface area (Å²) in [5.74, 6) is 2.84. The molecule has 2 aliphatic rings. The number of thioether (sulfide) groups is 1. The molecule has 0 spiro atoms. The van der Waals surface area contributed by atoms with Crippen LogP contribution in [-0.4, -0.2) is 32.9 Å². The van der Waals surface area contributed by atoms with Crippen LogP contribution >= 0.6 is 11.8 Å². The topological polar surface area (TPSA) is 57.0 Å². The summed E-state index contributed by atoms with van der Waals surface area (Å²) in [4.78, 5) is 12.7. The van der Waals surface area contributed by atoms with Gasteiger partial charge in [-0.15, -0.1) is 10.2 Å². The molecule has 2 heterocycles. The number of ether oxygens (including phenoxy) is 1. The van der Waals surface area contributed by atoms with Crippen LogP contribution in [0.25, 0.3) is 5.69 Å². The Morgan fingerprint density at radius 1 is 1.15 bits per heavy atom. The molecule has 0 atom stereocenters. The molecule has 1 aromatic heterocycles. The van der Waals surface area contributed by atoms with Crippen molar-refractivity contribution in [2.24, 2.45) is 0 Å². The number of aromatic nitrogens is 3. The van der Waals surface area contributed by atoms with Crippen molar-refractivity contribution in [3.63, 3.8) is 0 Å². The molecule has 6 heteroatoms. The average molecular weight is 377 g/mol. The molecule has 0 N–H and O–H groups in total. The minimum Gasteiger partial charge on any atom is -0.493 e. The van der Waals surface area contributed by atoms with Gasteiger partial charge >= 0.3 is 0 Å². The lowest BCUT2D eigenvalue weighted by atomic mass is 10.1. The van der Waals surface area contributed by atoms with Crippen molar-refractivity contribution < 1.29 is 9.53 Å². The Labute approximate surface area is 161 Å². The molecule has 1 fully saturated rings. The fourth-order valence-corrected chi connectivity index (χ4v) is 4.23. The molecule has 1 saturated carbocycles. The van der Waals surface area contributed by atoms with E-state index in [-0.39, 0.29) is 5.78 Å². The quantitative estimate of drug-likeness (QED) is 0.479. The predicted molar refractivity (Wildman–Crippen MR) is 104 cm³/mol. The maximum Gasteiger partial charge on any atom is 0.196 e. The molecule has 2 aromatic carbocycles. The van der Waals surface area contributed by atoms with E-state index < -0.39 is 0 Å². The van der Waals surface area contributed by atoms with Gasteiger partial charge in [0, 0.05) is 23.6 Å². The summed E-state index contributed by atoms with van der Waals surface area (Å²) in [5.41, 5.74) is 2.91. The van der Waals surface area contributed by atoms with Crippen molar-refractivity contribution in [3.8, 4) is 11.4 Å². The summed E-state index contributed by atoms with van der Waals surface area (Å²) >= 11 is 1.45. The highest BCUT2D eigenvalue weighted by Gasteiger charge is 2.31. The first-order valence-electron chi connectivity index (χ1n) is 9.22. The van der Waals surface area contributed by atoms with Gasteiger partial charge in [0.1, 0.15) is 11.6 Å². The van der Waals surface area contributed by atoms with Crippen molar-refractivity contribution in [2.75, 3.05) is 12.4 Å². The summed E-state index contributed by atoms with van der Waals surface area (Å²) in [7, 11) is 0. The first kappa shape index (κ1) is 16.6. The number of Topliss-reactive ketones (excluding diaryl/α,β-unsaturated/α-hetero) is 1. The van der Waals surface area contributed by atoms with Gasteiger partial charge in [0.25, 0.3) is 0 Å². The van der Waals surface area contributed by atoms with E-state index >= 15 is 0 Å².